The van der Waals surface area contributed by atoms with Gasteiger partial charge in [0.15, 0.2) is 5.96 Å². The normalized spacial score (nSPS) is 20.6. The third kappa shape index (κ3) is 7.69. The van der Waals surface area contributed by atoms with Gasteiger partial charge in [-0.15, -0.1) is 24.0 Å². The molecule has 1 amide bonds. The van der Waals surface area contributed by atoms with Crippen molar-refractivity contribution < 1.29 is 4.79 Å². The molecule has 0 aromatic heterocycles. The Morgan fingerprint density at radius 1 is 1.13 bits per heavy atom. The average molecular weight is 437 g/mol. The quantitative estimate of drug-likeness (QED) is 0.231. The van der Waals surface area contributed by atoms with Gasteiger partial charge in [0, 0.05) is 19.0 Å². The number of carbonyl (C=O) groups excluding carboxylic acids is 1. The standard InChI is InChI=1S/C16H31N5O.HI/c17-15(22)14-6-10-21(11-7-14)9-2-1-8-19-16(18)20-12-13-4-3-5-13;/h13-14H,1-12H2,(H2,17,22)(H3,18,19,20);1H. The van der Waals surface area contributed by atoms with Crippen LogP contribution < -0.4 is 16.8 Å². The van der Waals surface area contributed by atoms with Crippen molar-refractivity contribution in [3.63, 3.8) is 0 Å². The molecular formula is C16H32IN5O. The van der Waals surface area contributed by atoms with Gasteiger partial charge in [-0.2, -0.15) is 0 Å². The largest absolute Gasteiger partial charge is 0.370 e. The summed E-state index contributed by atoms with van der Waals surface area (Å²) < 4.78 is 0. The molecule has 7 heteroatoms. The van der Waals surface area contributed by atoms with Crippen molar-refractivity contribution in [2.45, 2.75) is 44.9 Å². The lowest BCUT2D eigenvalue weighted by Crippen LogP contribution is -2.39. The number of primary amides is 1. The number of halogens is 1. The summed E-state index contributed by atoms with van der Waals surface area (Å²) in [6.07, 6.45) is 8.03. The Balaban J connectivity index is 0.00000264. The summed E-state index contributed by atoms with van der Waals surface area (Å²) in [5.74, 6) is 1.31. The maximum absolute atomic E-state index is 11.1. The third-order valence-electron chi connectivity index (χ3n) is 4.94. The van der Waals surface area contributed by atoms with Crippen LogP contribution in [0.5, 0.6) is 0 Å². The van der Waals surface area contributed by atoms with Crippen LogP contribution in [0.15, 0.2) is 4.99 Å². The van der Waals surface area contributed by atoms with E-state index in [1.54, 1.807) is 0 Å². The van der Waals surface area contributed by atoms with Gasteiger partial charge in [0.05, 0.1) is 0 Å². The smallest absolute Gasteiger partial charge is 0.220 e. The fourth-order valence-corrected chi connectivity index (χ4v) is 3.08. The molecule has 0 spiro atoms. The van der Waals surface area contributed by atoms with Crippen molar-refractivity contribution in [2.75, 3.05) is 32.7 Å². The van der Waals surface area contributed by atoms with Gasteiger partial charge in [-0.05, 0) is 64.1 Å². The molecule has 1 aliphatic heterocycles. The molecule has 1 saturated carbocycles. The molecule has 2 fully saturated rings. The SMILES string of the molecule is I.NC(=O)C1CCN(CCCCNC(N)=NCC2CCC2)CC1. The summed E-state index contributed by atoms with van der Waals surface area (Å²) >= 11 is 0. The van der Waals surface area contributed by atoms with E-state index in [-0.39, 0.29) is 35.8 Å². The lowest BCUT2D eigenvalue weighted by Gasteiger charge is -2.30. The van der Waals surface area contributed by atoms with Gasteiger partial charge in [0.2, 0.25) is 5.91 Å². The number of likely N-dealkylation sites (tertiary alicyclic amines) is 1. The van der Waals surface area contributed by atoms with Gasteiger partial charge in [-0.1, -0.05) is 6.42 Å². The van der Waals surface area contributed by atoms with Crippen LogP contribution in [0.2, 0.25) is 0 Å². The van der Waals surface area contributed by atoms with Gasteiger partial charge < -0.3 is 21.7 Å². The number of nitrogens with two attached hydrogens (primary N) is 2. The summed E-state index contributed by atoms with van der Waals surface area (Å²) in [4.78, 5) is 17.9. The van der Waals surface area contributed by atoms with Crippen LogP contribution in [0.1, 0.15) is 44.9 Å². The molecule has 0 atom stereocenters. The zero-order valence-corrected chi connectivity index (χ0v) is 16.3. The van der Waals surface area contributed by atoms with Crippen LogP contribution in [0.3, 0.4) is 0 Å². The van der Waals surface area contributed by atoms with Gasteiger partial charge >= 0.3 is 0 Å². The highest BCUT2D eigenvalue weighted by Crippen LogP contribution is 2.26. The predicted molar refractivity (Wildman–Crippen MR) is 105 cm³/mol. The zero-order valence-electron chi connectivity index (χ0n) is 14.0. The molecule has 0 aromatic rings. The van der Waals surface area contributed by atoms with Crippen LogP contribution >= 0.6 is 24.0 Å². The van der Waals surface area contributed by atoms with Crippen LogP contribution in [0.4, 0.5) is 0 Å². The number of carbonyl (C=O) groups is 1. The lowest BCUT2D eigenvalue weighted by atomic mass is 9.86. The first-order valence-electron chi connectivity index (χ1n) is 8.70. The Hall–Kier alpha value is -0.570. The molecule has 2 rings (SSSR count). The molecule has 23 heavy (non-hydrogen) atoms. The minimum Gasteiger partial charge on any atom is -0.370 e. The topological polar surface area (TPSA) is 96.7 Å². The first-order chi connectivity index (χ1) is 10.6. The van der Waals surface area contributed by atoms with Crippen LogP contribution in [-0.2, 0) is 4.79 Å². The fraction of sp³-hybridized carbons (Fsp3) is 0.875. The molecule has 1 heterocycles. The van der Waals surface area contributed by atoms with Crippen molar-refractivity contribution in [3.8, 4) is 0 Å². The van der Waals surface area contributed by atoms with E-state index in [1.165, 1.54) is 19.3 Å². The van der Waals surface area contributed by atoms with Crippen molar-refractivity contribution in [1.29, 1.82) is 0 Å². The molecule has 1 saturated heterocycles. The molecule has 2 aliphatic rings. The number of hydrogen-bond acceptors (Lipinski definition) is 3. The molecule has 0 radical (unpaired) electrons. The van der Waals surface area contributed by atoms with Gasteiger partial charge in [0.25, 0.3) is 0 Å². The average Bonchev–Trinajstić information content (AvgIpc) is 2.45. The number of hydrogen-bond donors (Lipinski definition) is 3. The maximum Gasteiger partial charge on any atom is 0.220 e. The van der Waals surface area contributed by atoms with E-state index in [0.29, 0.717) is 5.96 Å². The number of nitrogens with zero attached hydrogens (tertiary/aromatic N) is 2. The molecule has 0 bridgehead atoms. The number of nitrogens with one attached hydrogen (secondary N) is 1. The van der Waals surface area contributed by atoms with Crippen LogP contribution in [0, 0.1) is 11.8 Å². The highest BCUT2D eigenvalue weighted by molar-refractivity contribution is 14.0. The Morgan fingerprint density at radius 3 is 2.39 bits per heavy atom. The first kappa shape index (κ1) is 20.5. The molecule has 0 unspecified atom stereocenters. The van der Waals surface area contributed by atoms with Crippen molar-refractivity contribution in [2.24, 2.45) is 28.3 Å². The van der Waals surface area contributed by atoms with Gasteiger partial charge in [0.1, 0.15) is 0 Å². The molecule has 5 N–H and O–H groups in total. The van der Waals surface area contributed by atoms with E-state index in [4.69, 9.17) is 11.5 Å². The van der Waals surface area contributed by atoms with Crippen molar-refractivity contribution in [1.82, 2.24) is 10.2 Å². The number of guanidine groups is 1. The Kier molecular flexibility index (Phi) is 9.85. The van der Waals surface area contributed by atoms with Crippen LogP contribution in [0.25, 0.3) is 0 Å². The van der Waals surface area contributed by atoms with E-state index < -0.39 is 0 Å². The second-order valence-corrected chi connectivity index (χ2v) is 6.68. The highest BCUT2D eigenvalue weighted by atomic mass is 127. The fourth-order valence-electron chi connectivity index (χ4n) is 3.08. The summed E-state index contributed by atoms with van der Waals surface area (Å²) in [5, 5.41) is 3.19. The van der Waals surface area contributed by atoms with E-state index in [1.807, 2.05) is 0 Å². The second kappa shape index (κ2) is 11.1. The molecule has 1 aliphatic carbocycles. The Morgan fingerprint density at radius 2 is 1.83 bits per heavy atom. The lowest BCUT2D eigenvalue weighted by molar-refractivity contribution is -0.123. The van der Waals surface area contributed by atoms with Crippen molar-refractivity contribution in [3.05, 3.63) is 0 Å². The second-order valence-electron chi connectivity index (χ2n) is 6.68. The number of unbranched alkanes of at least 4 members (excludes halogenated alkanes) is 1. The predicted octanol–water partition coefficient (Wildman–Crippen LogP) is 1.29. The third-order valence-corrected chi connectivity index (χ3v) is 4.94. The summed E-state index contributed by atoms with van der Waals surface area (Å²) in [6, 6.07) is 0. The highest BCUT2D eigenvalue weighted by Gasteiger charge is 2.22. The van der Waals surface area contributed by atoms with E-state index in [2.05, 4.69) is 15.2 Å². The Bertz CT molecular complexity index is 379. The van der Waals surface area contributed by atoms with E-state index in [9.17, 15) is 4.79 Å². The molecule has 134 valence electrons. The molecule has 6 nitrogen and oxygen atoms in total. The zero-order chi connectivity index (χ0) is 15.8. The number of aliphatic imine (C=N–C) groups is 1. The summed E-state index contributed by atoms with van der Waals surface area (Å²) in [6.45, 7) is 4.84. The van der Waals surface area contributed by atoms with Crippen molar-refractivity contribution >= 4 is 35.8 Å². The van der Waals surface area contributed by atoms with Crippen LogP contribution in [-0.4, -0.2) is 49.5 Å². The summed E-state index contributed by atoms with van der Waals surface area (Å²) in [7, 11) is 0. The summed E-state index contributed by atoms with van der Waals surface area (Å²) in [5.41, 5.74) is 11.2. The van der Waals surface area contributed by atoms with E-state index >= 15 is 0 Å². The van der Waals surface area contributed by atoms with E-state index in [0.717, 1.165) is 64.3 Å². The number of amides is 1. The van der Waals surface area contributed by atoms with Gasteiger partial charge in [-0.3, -0.25) is 9.79 Å². The minimum absolute atomic E-state index is 0. The number of rotatable bonds is 8. The first-order valence-corrected chi connectivity index (χ1v) is 8.70. The molecular weight excluding hydrogens is 405 g/mol. The maximum atomic E-state index is 11.1. The minimum atomic E-state index is -0.138. The Labute approximate surface area is 156 Å². The molecule has 0 aromatic carbocycles. The monoisotopic (exact) mass is 437 g/mol. The van der Waals surface area contributed by atoms with Gasteiger partial charge in [-0.25, -0.2) is 0 Å². The number of piperidine rings is 1.